The van der Waals surface area contributed by atoms with E-state index in [1.807, 2.05) is 18.2 Å². The molecule has 1 fully saturated rings. The van der Waals surface area contributed by atoms with Crippen LogP contribution in [0.25, 0.3) is 0 Å². The third-order valence-electron chi connectivity index (χ3n) is 4.22. The monoisotopic (exact) mass is 274 g/mol. The van der Waals surface area contributed by atoms with Crippen LogP contribution >= 0.6 is 0 Å². The molecule has 1 saturated carbocycles. The van der Waals surface area contributed by atoms with Crippen molar-refractivity contribution in [2.45, 2.75) is 58.0 Å². The summed E-state index contributed by atoms with van der Waals surface area (Å²) in [5, 5.41) is 3.19. The summed E-state index contributed by atoms with van der Waals surface area (Å²) >= 11 is 0. The predicted octanol–water partition coefficient (Wildman–Crippen LogP) is 3.16. The third kappa shape index (κ3) is 3.21. The van der Waals surface area contributed by atoms with Gasteiger partial charge in [0, 0.05) is 0 Å². The van der Waals surface area contributed by atoms with E-state index in [-0.39, 0.29) is 17.4 Å². The topological polar surface area (TPSA) is 55.1 Å². The third-order valence-corrected chi connectivity index (χ3v) is 4.22. The molecule has 110 valence electrons. The highest BCUT2D eigenvalue weighted by molar-refractivity contribution is 5.86. The van der Waals surface area contributed by atoms with Gasteiger partial charge in [-0.15, -0.1) is 0 Å². The van der Waals surface area contributed by atoms with Gasteiger partial charge in [-0.2, -0.15) is 0 Å². The van der Waals surface area contributed by atoms with E-state index >= 15 is 0 Å². The number of hydrogen-bond donors (Lipinski definition) is 2. The molecule has 3 N–H and O–H groups in total. The number of rotatable bonds is 3. The van der Waals surface area contributed by atoms with Gasteiger partial charge in [0.1, 0.15) is 0 Å². The van der Waals surface area contributed by atoms with E-state index in [4.69, 9.17) is 5.73 Å². The van der Waals surface area contributed by atoms with Gasteiger partial charge in [-0.3, -0.25) is 4.79 Å². The van der Waals surface area contributed by atoms with Crippen molar-refractivity contribution in [3.63, 3.8) is 0 Å². The van der Waals surface area contributed by atoms with Crippen molar-refractivity contribution in [1.29, 1.82) is 0 Å². The van der Waals surface area contributed by atoms with Crippen LogP contribution in [0.4, 0.5) is 0 Å². The quantitative estimate of drug-likeness (QED) is 0.889. The van der Waals surface area contributed by atoms with Crippen molar-refractivity contribution >= 4 is 5.91 Å². The molecule has 20 heavy (non-hydrogen) atoms. The molecule has 1 aliphatic rings. The second kappa shape index (κ2) is 5.57. The van der Waals surface area contributed by atoms with Gasteiger partial charge in [0.2, 0.25) is 5.91 Å². The van der Waals surface area contributed by atoms with Crippen molar-refractivity contribution < 1.29 is 4.79 Å². The molecule has 0 radical (unpaired) electrons. The highest BCUT2D eigenvalue weighted by Crippen LogP contribution is 2.34. The Kier molecular flexibility index (Phi) is 4.19. The Labute approximate surface area is 121 Å². The van der Waals surface area contributed by atoms with Crippen LogP contribution in [0.15, 0.2) is 30.3 Å². The second-order valence-electron chi connectivity index (χ2n) is 7.05. The molecule has 1 amide bonds. The normalized spacial score (nSPS) is 19.6. The molecule has 0 aromatic heterocycles. The molecule has 1 atom stereocenters. The fraction of sp³-hybridized carbons (Fsp3) is 0.588. The average molecular weight is 274 g/mol. The van der Waals surface area contributed by atoms with E-state index in [1.165, 1.54) is 0 Å². The Bertz CT molecular complexity index is 456. The van der Waals surface area contributed by atoms with Crippen LogP contribution in [-0.4, -0.2) is 11.4 Å². The van der Waals surface area contributed by atoms with E-state index in [2.05, 4.69) is 38.2 Å². The Morgan fingerprint density at radius 2 is 1.75 bits per heavy atom. The van der Waals surface area contributed by atoms with E-state index in [0.29, 0.717) is 0 Å². The zero-order chi connectivity index (χ0) is 14.8. The summed E-state index contributed by atoms with van der Waals surface area (Å²) in [7, 11) is 0. The van der Waals surface area contributed by atoms with Crippen LogP contribution in [0, 0.1) is 5.41 Å². The first-order valence-electron chi connectivity index (χ1n) is 7.48. The van der Waals surface area contributed by atoms with E-state index in [1.54, 1.807) is 0 Å². The molecule has 0 bridgehead atoms. The molecule has 1 aliphatic carbocycles. The van der Waals surface area contributed by atoms with E-state index in [9.17, 15) is 4.79 Å². The Hall–Kier alpha value is -1.35. The standard InChI is InChI=1S/C17H26N2O/c1-16(2,3)14(13-9-5-4-6-10-13)19-15(20)17(18)11-7-8-12-17/h4-6,9-10,14H,7-8,11-12,18H2,1-3H3,(H,19,20). The maximum Gasteiger partial charge on any atom is 0.240 e. The number of carbonyl (C=O) groups excluding carboxylic acids is 1. The van der Waals surface area contributed by atoms with Crippen LogP contribution in [-0.2, 0) is 4.79 Å². The van der Waals surface area contributed by atoms with E-state index in [0.717, 1.165) is 31.2 Å². The minimum atomic E-state index is -0.668. The van der Waals surface area contributed by atoms with Gasteiger partial charge in [-0.25, -0.2) is 0 Å². The van der Waals surface area contributed by atoms with Gasteiger partial charge in [0.05, 0.1) is 11.6 Å². The van der Waals surface area contributed by atoms with Crippen molar-refractivity contribution in [2.24, 2.45) is 11.1 Å². The first-order chi connectivity index (χ1) is 9.33. The summed E-state index contributed by atoms with van der Waals surface area (Å²) in [6.07, 6.45) is 3.69. The lowest BCUT2D eigenvalue weighted by atomic mass is 9.81. The van der Waals surface area contributed by atoms with Crippen LogP contribution in [0.5, 0.6) is 0 Å². The van der Waals surface area contributed by atoms with Crippen LogP contribution < -0.4 is 11.1 Å². The van der Waals surface area contributed by atoms with Gasteiger partial charge in [0.15, 0.2) is 0 Å². The molecule has 1 unspecified atom stereocenters. The fourth-order valence-corrected chi connectivity index (χ4v) is 2.95. The van der Waals surface area contributed by atoms with Gasteiger partial charge in [0.25, 0.3) is 0 Å². The largest absolute Gasteiger partial charge is 0.347 e. The highest BCUT2D eigenvalue weighted by atomic mass is 16.2. The fourth-order valence-electron chi connectivity index (χ4n) is 2.95. The van der Waals surface area contributed by atoms with Crippen molar-refractivity contribution in [3.05, 3.63) is 35.9 Å². The van der Waals surface area contributed by atoms with Gasteiger partial charge >= 0.3 is 0 Å². The number of nitrogens with one attached hydrogen (secondary N) is 1. The molecule has 0 aliphatic heterocycles. The van der Waals surface area contributed by atoms with Gasteiger partial charge in [-0.1, -0.05) is 63.9 Å². The summed E-state index contributed by atoms with van der Waals surface area (Å²) in [6.45, 7) is 6.42. The first-order valence-corrected chi connectivity index (χ1v) is 7.48. The van der Waals surface area contributed by atoms with Crippen LogP contribution in [0.3, 0.4) is 0 Å². The second-order valence-corrected chi connectivity index (χ2v) is 7.05. The number of amides is 1. The molecule has 1 aromatic rings. The molecule has 0 heterocycles. The molecule has 1 aromatic carbocycles. The average Bonchev–Trinajstić information content (AvgIpc) is 2.83. The number of hydrogen-bond acceptors (Lipinski definition) is 2. The SMILES string of the molecule is CC(C)(C)C(NC(=O)C1(N)CCCC1)c1ccccc1. The number of nitrogens with two attached hydrogens (primary N) is 1. The molecule has 3 heteroatoms. The first kappa shape index (κ1) is 15.0. The van der Waals surface area contributed by atoms with Crippen LogP contribution in [0.2, 0.25) is 0 Å². The van der Waals surface area contributed by atoms with Crippen LogP contribution in [0.1, 0.15) is 58.1 Å². The molecule has 0 spiro atoms. The zero-order valence-electron chi connectivity index (χ0n) is 12.8. The lowest BCUT2D eigenvalue weighted by molar-refractivity contribution is -0.127. The zero-order valence-corrected chi connectivity index (χ0v) is 12.8. The molecular weight excluding hydrogens is 248 g/mol. The molecule has 0 saturated heterocycles. The van der Waals surface area contributed by atoms with Gasteiger partial charge in [-0.05, 0) is 23.8 Å². The molecule has 3 nitrogen and oxygen atoms in total. The van der Waals surface area contributed by atoms with Crippen molar-refractivity contribution in [2.75, 3.05) is 0 Å². The summed E-state index contributed by atoms with van der Waals surface area (Å²) in [6, 6.07) is 10.1. The Morgan fingerprint density at radius 1 is 1.20 bits per heavy atom. The van der Waals surface area contributed by atoms with Crippen molar-refractivity contribution in [3.8, 4) is 0 Å². The maximum absolute atomic E-state index is 12.6. The summed E-state index contributed by atoms with van der Waals surface area (Å²) in [4.78, 5) is 12.6. The minimum Gasteiger partial charge on any atom is -0.347 e. The number of benzene rings is 1. The summed E-state index contributed by atoms with van der Waals surface area (Å²) < 4.78 is 0. The summed E-state index contributed by atoms with van der Waals surface area (Å²) in [5.74, 6) is -0.00113. The maximum atomic E-state index is 12.6. The minimum absolute atomic E-state index is 0.00113. The highest BCUT2D eigenvalue weighted by Gasteiger charge is 2.39. The van der Waals surface area contributed by atoms with Crippen molar-refractivity contribution in [1.82, 2.24) is 5.32 Å². The number of carbonyl (C=O) groups is 1. The lowest BCUT2D eigenvalue weighted by Crippen LogP contribution is -2.54. The predicted molar refractivity (Wildman–Crippen MR) is 82.2 cm³/mol. The molecule has 2 rings (SSSR count). The Morgan fingerprint density at radius 3 is 2.25 bits per heavy atom. The lowest BCUT2D eigenvalue weighted by Gasteiger charge is -2.35. The molecular formula is C17H26N2O. The van der Waals surface area contributed by atoms with E-state index < -0.39 is 5.54 Å². The summed E-state index contributed by atoms with van der Waals surface area (Å²) in [5.41, 5.74) is 6.68. The smallest absolute Gasteiger partial charge is 0.240 e. The Balaban J connectivity index is 2.19. The van der Waals surface area contributed by atoms with Gasteiger partial charge < -0.3 is 11.1 Å².